The molecule has 3 rings (SSSR count). The number of hydrogen-bond donors (Lipinski definition) is 2. The maximum Gasteiger partial charge on any atom is 0.423 e. The highest BCUT2D eigenvalue weighted by Crippen LogP contribution is 2.37. The number of H-pyrrole nitrogens is 1. The highest BCUT2D eigenvalue weighted by atomic mass is 19.4. The molecule has 6 nitrogen and oxygen atoms in total. The number of likely N-dealkylation sites (tertiary alicyclic amines) is 1. The van der Waals surface area contributed by atoms with Crippen LogP contribution in [0.3, 0.4) is 0 Å². The molecule has 1 aliphatic rings. The van der Waals surface area contributed by atoms with E-state index in [0.717, 1.165) is 10.5 Å². The molecule has 152 valence electrons. The second-order valence-corrected chi connectivity index (χ2v) is 7.64. The van der Waals surface area contributed by atoms with Gasteiger partial charge in [-0.25, -0.2) is 4.98 Å². The molecule has 28 heavy (non-hydrogen) atoms. The Bertz CT molecular complexity index is 812. The van der Waals surface area contributed by atoms with E-state index < -0.39 is 23.6 Å². The van der Waals surface area contributed by atoms with Crippen LogP contribution in [0.25, 0.3) is 11.4 Å². The number of carbonyl (C=O) groups excluding carboxylic acids is 1. The summed E-state index contributed by atoms with van der Waals surface area (Å²) in [7, 11) is 0. The number of amides is 1. The van der Waals surface area contributed by atoms with Gasteiger partial charge in [0, 0.05) is 24.1 Å². The SMILES string of the molecule is CC(C)(c1nc(-c2ccccc2)n[nH]1)C1CCN(C(=O)[C@@H](O)C(F)(F)F)CC1. The smallest absolute Gasteiger partial charge is 0.376 e. The number of aliphatic hydroxyl groups is 1. The fourth-order valence-corrected chi connectivity index (χ4v) is 3.59. The van der Waals surface area contributed by atoms with E-state index in [1.54, 1.807) is 0 Å². The van der Waals surface area contributed by atoms with Gasteiger partial charge in [-0.3, -0.25) is 9.89 Å². The Morgan fingerprint density at radius 3 is 2.39 bits per heavy atom. The van der Waals surface area contributed by atoms with Crippen LogP contribution >= 0.6 is 0 Å². The van der Waals surface area contributed by atoms with Crippen molar-refractivity contribution >= 4 is 5.91 Å². The van der Waals surface area contributed by atoms with Crippen molar-refractivity contribution in [1.29, 1.82) is 0 Å². The lowest BCUT2D eigenvalue weighted by Crippen LogP contribution is -2.50. The van der Waals surface area contributed by atoms with E-state index in [4.69, 9.17) is 0 Å². The lowest BCUT2D eigenvalue weighted by Gasteiger charge is -2.40. The van der Waals surface area contributed by atoms with E-state index in [0.29, 0.717) is 24.5 Å². The van der Waals surface area contributed by atoms with Gasteiger partial charge in [0.2, 0.25) is 6.10 Å². The zero-order valence-corrected chi connectivity index (χ0v) is 15.7. The van der Waals surface area contributed by atoms with Gasteiger partial charge in [-0.2, -0.15) is 18.3 Å². The van der Waals surface area contributed by atoms with Gasteiger partial charge >= 0.3 is 6.18 Å². The molecule has 0 bridgehead atoms. The highest BCUT2D eigenvalue weighted by molar-refractivity contribution is 5.81. The Morgan fingerprint density at radius 2 is 1.82 bits per heavy atom. The van der Waals surface area contributed by atoms with Crippen LogP contribution < -0.4 is 0 Å². The standard InChI is InChI=1S/C19H23F3N4O2/c1-18(2,17-23-15(24-25-17)12-6-4-3-5-7-12)13-8-10-26(11-9-13)16(28)14(27)19(20,21)22/h3-7,13-14,27H,8-11H2,1-2H3,(H,23,24,25)/t14-/m1/s1. The van der Waals surface area contributed by atoms with Crippen molar-refractivity contribution in [2.45, 2.75) is 44.4 Å². The number of nitrogens with one attached hydrogen (secondary N) is 1. The number of aromatic nitrogens is 3. The lowest BCUT2D eigenvalue weighted by molar-refractivity contribution is -0.211. The molecule has 1 saturated heterocycles. The highest BCUT2D eigenvalue weighted by Gasteiger charge is 2.46. The molecule has 1 aromatic heterocycles. The Hall–Kier alpha value is -2.42. The van der Waals surface area contributed by atoms with Gasteiger partial charge < -0.3 is 10.0 Å². The third kappa shape index (κ3) is 4.04. The number of aromatic amines is 1. The molecule has 1 fully saturated rings. The minimum Gasteiger partial charge on any atom is -0.376 e. The van der Waals surface area contributed by atoms with Gasteiger partial charge in [-0.1, -0.05) is 44.2 Å². The molecule has 0 unspecified atom stereocenters. The lowest BCUT2D eigenvalue weighted by atomic mass is 9.73. The predicted molar refractivity (Wildman–Crippen MR) is 96.2 cm³/mol. The molecule has 9 heteroatoms. The summed E-state index contributed by atoms with van der Waals surface area (Å²) in [5, 5.41) is 16.4. The fraction of sp³-hybridized carbons (Fsp3) is 0.526. The predicted octanol–water partition coefficient (Wildman–Crippen LogP) is 2.91. The molecule has 0 saturated carbocycles. The summed E-state index contributed by atoms with van der Waals surface area (Å²) in [6.45, 7) is 4.35. The zero-order chi connectivity index (χ0) is 20.5. The number of alkyl halides is 3. The van der Waals surface area contributed by atoms with Gasteiger partial charge in [0.1, 0.15) is 5.82 Å². The Morgan fingerprint density at radius 1 is 1.21 bits per heavy atom. The summed E-state index contributed by atoms with van der Waals surface area (Å²) in [5.41, 5.74) is 0.500. The molecule has 0 radical (unpaired) electrons. The van der Waals surface area contributed by atoms with Crippen LogP contribution in [0.2, 0.25) is 0 Å². The normalized spacial score (nSPS) is 17.6. The second kappa shape index (κ2) is 7.54. The van der Waals surface area contributed by atoms with Crippen LogP contribution in [-0.4, -0.2) is 56.5 Å². The topological polar surface area (TPSA) is 82.1 Å². The molecule has 0 aliphatic carbocycles. The van der Waals surface area contributed by atoms with E-state index in [1.807, 2.05) is 44.2 Å². The molecular weight excluding hydrogens is 373 g/mol. The summed E-state index contributed by atoms with van der Waals surface area (Å²) < 4.78 is 37.7. The van der Waals surface area contributed by atoms with Crippen LogP contribution in [0.15, 0.2) is 30.3 Å². The van der Waals surface area contributed by atoms with Crippen molar-refractivity contribution in [3.63, 3.8) is 0 Å². The molecular formula is C19H23F3N4O2. The summed E-state index contributed by atoms with van der Waals surface area (Å²) in [4.78, 5) is 17.5. The van der Waals surface area contributed by atoms with Gasteiger partial charge in [-0.15, -0.1) is 0 Å². The number of carbonyl (C=O) groups is 1. The number of benzene rings is 1. The van der Waals surface area contributed by atoms with Gasteiger partial charge in [-0.05, 0) is 18.8 Å². The molecule has 2 heterocycles. The average Bonchev–Trinajstić information content (AvgIpc) is 3.18. The van der Waals surface area contributed by atoms with Crippen molar-refractivity contribution < 1.29 is 23.1 Å². The van der Waals surface area contributed by atoms with Crippen LogP contribution in [-0.2, 0) is 10.2 Å². The number of rotatable bonds is 4. The number of hydrogen-bond acceptors (Lipinski definition) is 4. The Labute approximate surface area is 160 Å². The largest absolute Gasteiger partial charge is 0.423 e. The zero-order valence-electron chi connectivity index (χ0n) is 15.7. The first-order chi connectivity index (χ1) is 13.1. The molecule has 1 aromatic carbocycles. The first-order valence-electron chi connectivity index (χ1n) is 9.12. The maximum absolute atomic E-state index is 12.6. The number of nitrogens with zero attached hydrogens (tertiary/aromatic N) is 3. The average molecular weight is 396 g/mol. The number of piperidine rings is 1. The number of aliphatic hydroxyl groups excluding tert-OH is 1. The minimum absolute atomic E-state index is 0.108. The van der Waals surface area contributed by atoms with E-state index in [1.165, 1.54) is 0 Å². The summed E-state index contributed by atoms with van der Waals surface area (Å²) in [6, 6.07) is 9.54. The van der Waals surface area contributed by atoms with Crippen molar-refractivity contribution in [3.8, 4) is 11.4 Å². The molecule has 1 aliphatic heterocycles. The quantitative estimate of drug-likeness (QED) is 0.833. The molecule has 1 amide bonds. The Kier molecular flexibility index (Phi) is 5.47. The Balaban J connectivity index is 1.67. The monoisotopic (exact) mass is 396 g/mol. The summed E-state index contributed by atoms with van der Waals surface area (Å²) in [6.07, 6.45) is -6.87. The van der Waals surface area contributed by atoms with Crippen LogP contribution in [0, 0.1) is 5.92 Å². The third-order valence-corrected chi connectivity index (χ3v) is 5.50. The van der Waals surface area contributed by atoms with Crippen LogP contribution in [0.5, 0.6) is 0 Å². The van der Waals surface area contributed by atoms with Gasteiger partial charge in [0.15, 0.2) is 5.82 Å². The molecule has 2 aromatic rings. The molecule has 2 N–H and O–H groups in total. The van der Waals surface area contributed by atoms with Gasteiger partial charge in [0.05, 0.1) is 0 Å². The first kappa shape index (κ1) is 20.3. The van der Waals surface area contributed by atoms with E-state index in [9.17, 15) is 23.1 Å². The summed E-state index contributed by atoms with van der Waals surface area (Å²) in [5.74, 6) is 0.113. The fourth-order valence-electron chi connectivity index (χ4n) is 3.59. The maximum atomic E-state index is 12.6. The molecule has 0 spiro atoms. The van der Waals surface area contributed by atoms with Gasteiger partial charge in [0.25, 0.3) is 5.91 Å². The van der Waals surface area contributed by atoms with E-state index >= 15 is 0 Å². The van der Waals surface area contributed by atoms with Crippen molar-refractivity contribution in [2.24, 2.45) is 5.92 Å². The van der Waals surface area contributed by atoms with E-state index in [-0.39, 0.29) is 19.0 Å². The van der Waals surface area contributed by atoms with Crippen molar-refractivity contribution in [1.82, 2.24) is 20.1 Å². The summed E-state index contributed by atoms with van der Waals surface area (Å²) >= 11 is 0. The van der Waals surface area contributed by atoms with Crippen LogP contribution in [0.1, 0.15) is 32.5 Å². The second-order valence-electron chi connectivity index (χ2n) is 7.64. The third-order valence-electron chi connectivity index (χ3n) is 5.50. The molecule has 1 atom stereocenters. The van der Waals surface area contributed by atoms with Crippen LogP contribution in [0.4, 0.5) is 13.2 Å². The van der Waals surface area contributed by atoms with Crippen molar-refractivity contribution in [2.75, 3.05) is 13.1 Å². The minimum atomic E-state index is -4.94. The number of halogens is 3. The van der Waals surface area contributed by atoms with Crippen molar-refractivity contribution in [3.05, 3.63) is 36.2 Å². The van der Waals surface area contributed by atoms with E-state index in [2.05, 4.69) is 15.2 Å². The first-order valence-corrected chi connectivity index (χ1v) is 9.12.